The smallest absolute Gasteiger partial charge is 0.277 e. The van der Waals surface area contributed by atoms with E-state index in [1.54, 1.807) is 25.1 Å². The molecule has 2 aromatic heterocycles. The molecule has 0 saturated heterocycles. The summed E-state index contributed by atoms with van der Waals surface area (Å²) in [6.45, 7) is 1.69. The van der Waals surface area contributed by atoms with Crippen LogP contribution in [-0.4, -0.2) is 49.2 Å². The minimum absolute atomic E-state index is 0.138. The number of benzene rings is 1. The van der Waals surface area contributed by atoms with Gasteiger partial charge in [-0.25, -0.2) is 4.68 Å². The molecule has 1 N–H and O–H groups in total. The lowest BCUT2D eigenvalue weighted by Crippen LogP contribution is -2.14. The SMILES string of the molecule is COc1cc(NC(=O)CSc2nnc(C)o2)cc(-n2cnnn2)c1. The lowest BCUT2D eigenvalue weighted by molar-refractivity contribution is -0.113. The van der Waals surface area contributed by atoms with Crippen molar-refractivity contribution in [1.29, 1.82) is 0 Å². The standard InChI is InChI=1S/C13H13N7O3S/c1-8-16-17-13(23-8)24-6-12(21)15-9-3-10(5-11(4-9)22-2)20-7-14-18-19-20/h3-5,7H,6H2,1-2H3,(H,15,21). The molecule has 10 nitrogen and oxygen atoms in total. The van der Waals surface area contributed by atoms with E-state index in [1.807, 2.05) is 0 Å². The van der Waals surface area contributed by atoms with Crippen molar-refractivity contribution in [3.05, 3.63) is 30.4 Å². The quantitative estimate of drug-likeness (QED) is 0.653. The van der Waals surface area contributed by atoms with E-state index in [0.29, 0.717) is 28.2 Å². The molecule has 0 unspecified atom stereocenters. The Bertz CT molecular complexity index is 834. The predicted molar refractivity (Wildman–Crippen MR) is 84.1 cm³/mol. The van der Waals surface area contributed by atoms with E-state index in [0.717, 1.165) is 11.8 Å². The lowest BCUT2D eigenvalue weighted by atomic mass is 10.2. The summed E-state index contributed by atoms with van der Waals surface area (Å²) in [5.41, 5.74) is 1.22. The zero-order chi connectivity index (χ0) is 16.9. The van der Waals surface area contributed by atoms with Gasteiger partial charge in [-0.2, -0.15) is 0 Å². The number of rotatable bonds is 6. The largest absolute Gasteiger partial charge is 0.497 e. The van der Waals surface area contributed by atoms with Gasteiger partial charge < -0.3 is 14.5 Å². The average molecular weight is 347 g/mol. The summed E-state index contributed by atoms with van der Waals surface area (Å²) in [6, 6.07) is 5.19. The van der Waals surface area contributed by atoms with Gasteiger partial charge in [0.15, 0.2) is 0 Å². The number of nitrogens with one attached hydrogen (secondary N) is 1. The Labute approximate surface area is 140 Å². The minimum atomic E-state index is -0.216. The number of aromatic nitrogens is 6. The molecule has 0 radical (unpaired) electrons. The molecule has 24 heavy (non-hydrogen) atoms. The fourth-order valence-electron chi connectivity index (χ4n) is 1.85. The van der Waals surface area contributed by atoms with Gasteiger partial charge >= 0.3 is 0 Å². The van der Waals surface area contributed by atoms with E-state index < -0.39 is 0 Å². The van der Waals surface area contributed by atoms with Gasteiger partial charge in [0.1, 0.15) is 12.1 Å². The summed E-state index contributed by atoms with van der Waals surface area (Å²) in [6.07, 6.45) is 1.45. The zero-order valence-corrected chi connectivity index (χ0v) is 13.6. The third-order valence-electron chi connectivity index (χ3n) is 2.86. The number of hydrogen-bond acceptors (Lipinski definition) is 9. The summed E-state index contributed by atoms with van der Waals surface area (Å²) in [4.78, 5) is 12.1. The second-order valence-electron chi connectivity index (χ2n) is 4.60. The molecule has 0 fully saturated rings. The monoisotopic (exact) mass is 347 g/mol. The highest BCUT2D eigenvalue weighted by Gasteiger charge is 2.10. The van der Waals surface area contributed by atoms with Crippen LogP contribution in [0.5, 0.6) is 5.75 Å². The van der Waals surface area contributed by atoms with Gasteiger partial charge in [0.2, 0.25) is 11.8 Å². The first kappa shape index (κ1) is 15.9. The van der Waals surface area contributed by atoms with Crippen LogP contribution in [0.4, 0.5) is 5.69 Å². The molecule has 0 saturated carbocycles. The molecule has 0 aliphatic heterocycles. The number of thioether (sulfide) groups is 1. The summed E-state index contributed by atoms with van der Waals surface area (Å²) >= 11 is 1.16. The number of methoxy groups -OCH3 is 1. The number of hydrogen-bond donors (Lipinski definition) is 1. The van der Waals surface area contributed by atoms with E-state index in [2.05, 4.69) is 31.0 Å². The van der Waals surface area contributed by atoms with Gasteiger partial charge in [0, 0.05) is 24.7 Å². The van der Waals surface area contributed by atoms with Crippen LogP contribution in [-0.2, 0) is 4.79 Å². The third kappa shape index (κ3) is 3.87. The fourth-order valence-corrected chi connectivity index (χ4v) is 2.45. The van der Waals surface area contributed by atoms with E-state index >= 15 is 0 Å². The second-order valence-corrected chi connectivity index (χ2v) is 5.52. The van der Waals surface area contributed by atoms with Crippen molar-refractivity contribution in [2.75, 3.05) is 18.2 Å². The first-order valence-electron chi connectivity index (χ1n) is 6.79. The molecular formula is C13H13N7O3S. The predicted octanol–water partition coefficient (Wildman–Crippen LogP) is 1.09. The molecule has 0 spiro atoms. The van der Waals surface area contributed by atoms with Gasteiger partial charge in [-0.05, 0) is 16.5 Å². The fraction of sp³-hybridized carbons (Fsp3) is 0.231. The Morgan fingerprint density at radius 1 is 1.38 bits per heavy atom. The summed E-state index contributed by atoms with van der Waals surface area (Å²) in [5.74, 6) is 0.945. The Balaban J connectivity index is 1.69. The second kappa shape index (κ2) is 7.08. The van der Waals surface area contributed by atoms with Crippen LogP contribution in [0.3, 0.4) is 0 Å². The van der Waals surface area contributed by atoms with Crippen LogP contribution in [0.1, 0.15) is 5.89 Å². The molecule has 1 aromatic carbocycles. The number of ether oxygens (including phenoxy) is 1. The maximum Gasteiger partial charge on any atom is 0.277 e. The van der Waals surface area contributed by atoms with Gasteiger partial charge in [0.05, 0.1) is 18.6 Å². The molecule has 11 heteroatoms. The zero-order valence-electron chi connectivity index (χ0n) is 12.8. The number of nitrogens with zero attached hydrogens (tertiary/aromatic N) is 6. The highest BCUT2D eigenvalue weighted by molar-refractivity contribution is 7.99. The minimum Gasteiger partial charge on any atom is -0.497 e. The maximum atomic E-state index is 12.1. The van der Waals surface area contributed by atoms with Crippen molar-refractivity contribution in [2.24, 2.45) is 0 Å². The number of aryl methyl sites for hydroxylation is 1. The summed E-state index contributed by atoms with van der Waals surface area (Å²) in [5, 5.41) is 21.6. The number of tetrazole rings is 1. The van der Waals surface area contributed by atoms with Crippen molar-refractivity contribution in [2.45, 2.75) is 12.1 Å². The van der Waals surface area contributed by atoms with Crippen molar-refractivity contribution in [3.63, 3.8) is 0 Å². The maximum absolute atomic E-state index is 12.1. The molecule has 0 atom stereocenters. The van der Waals surface area contributed by atoms with Crippen LogP contribution in [0.2, 0.25) is 0 Å². The number of carbonyl (C=O) groups is 1. The van der Waals surface area contributed by atoms with E-state index in [4.69, 9.17) is 9.15 Å². The van der Waals surface area contributed by atoms with Crippen molar-refractivity contribution in [3.8, 4) is 11.4 Å². The Morgan fingerprint density at radius 3 is 2.92 bits per heavy atom. The summed E-state index contributed by atoms with van der Waals surface area (Å²) in [7, 11) is 1.54. The molecule has 0 bridgehead atoms. The Hall–Kier alpha value is -2.95. The van der Waals surface area contributed by atoms with E-state index in [1.165, 1.54) is 18.1 Å². The topological polar surface area (TPSA) is 121 Å². The van der Waals surface area contributed by atoms with Crippen molar-refractivity contribution >= 4 is 23.4 Å². The van der Waals surface area contributed by atoms with E-state index in [9.17, 15) is 4.79 Å². The molecule has 2 heterocycles. The van der Waals surface area contributed by atoms with Gasteiger partial charge in [0.25, 0.3) is 5.22 Å². The van der Waals surface area contributed by atoms with Crippen LogP contribution >= 0.6 is 11.8 Å². The highest BCUT2D eigenvalue weighted by atomic mass is 32.2. The van der Waals surface area contributed by atoms with Crippen LogP contribution < -0.4 is 10.1 Å². The van der Waals surface area contributed by atoms with Crippen LogP contribution in [0.15, 0.2) is 34.2 Å². The Kier molecular flexibility index (Phi) is 4.70. The molecule has 124 valence electrons. The van der Waals surface area contributed by atoms with Gasteiger partial charge in [-0.15, -0.1) is 15.3 Å². The van der Waals surface area contributed by atoms with Crippen LogP contribution in [0.25, 0.3) is 5.69 Å². The number of anilines is 1. The molecule has 0 aliphatic rings. The normalized spacial score (nSPS) is 10.6. The molecule has 3 rings (SSSR count). The number of carbonyl (C=O) groups excluding carboxylic acids is 1. The highest BCUT2D eigenvalue weighted by Crippen LogP contribution is 2.23. The molecule has 1 amide bonds. The van der Waals surface area contributed by atoms with Crippen molar-refractivity contribution < 1.29 is 13.9 Å². The first-order chi connectivity index (χ1) is 11.6. The third-order valence-corrected chi connectivity index (χ3v) is 3.68. The van der Waals surface area contributed by atoms with Gasteiger partial charge in [-0.3, -0.25) is 4.79 Å². The van der Waals surface area contributed by atoms with Crippen LogP contribution in [0, 0.1) is 6.92 Å². The summed E-state index contributed by atoms with van der Waals surface area (Å²) < 4.78 is 11.9. The molecule has 3 aromatic rings. The first-order valence-corrected chi connectivity index (χ1v) is 7.78. The molecular weight excluding hydrogens is 334 g/mol. The number of amides is 1. The average Bonchev–Trinajstić information content (AvgIpc) is 3.24. The lowest BCUT2D eigenvalue weighted by Gasteiger charge is -2.09. The molecule has 0 aliphatic carbocycles. The Morgan fingerprint density at radius 2 is 2.25 bits per heavy atom. The van der Waals surface area contributed by atoms with Gasteiger partial charge in [-0.1, -0.05) is 11.8 Å². The van der Waals surface area contributed by atoms with E-state index in [-0.39, 0.29) is 11.7 Å². The van der Waals surface area contributed by atoms with Crippen molar-refractivity contribution in [1.82, 2.24) is 30.4 Å².